The van der Waals surface area contributed by atoms with Gasteiger partial charge in [-0.1, -0.05) is 0 Å². The Bertz CT molecular complexity index is 132. The quantitative estimate of drug-likeness (QED) is 0.292. The average Bonchev–Trinajstić information content (AvgIpc) is 1.98. The molecule has 1 rings (SSSR count). The molecule has 1 aliphatic rings. The van der Waals surface area contributed by atoms with Gasteiger partial charge in [-0.25, -0.2) is 0 Å². The third-order valence-corrected chi connectivity index (χ3v) is 1.37. The van der Waals surface area contributed by atoms with Gasteiger partial charge in [0.1, 0.15) is 0 Å². The van der Waals surface area contributed by atoms with Crippen molar-refractivity contribution >= 4 is 23.6 Å². The lowest BCUT2D eigenvalue weighted by atomic mass is 10.4. The molecule has 1 fully saturated rings. The van der Waals surface area contributed by atoms with E-state index in [2.05, 4.69) is 0 Å². The van der Waals surface area contributed by atoms with Gasteiger partial charge in [0.2, 0.25) is 11.8 Å². The Morgan fingerprint density at radius 3 is 1.67 bits per heavy atom. The van der Waals surface area contributed by atoms with Crippen LogP contribution in [0.25, 0.3) is 0 Å². The van der Waals surface area contributed by atoms with E-state index in [9.17, 15) is 9.59 Å². The Morgan fingerprint density at radius 2 is 1.56 bits per heavy atom. The largest absolute Gasteiger partial charge is 1.00 e. The average molecular weight is 169 g/mol. The number of imide groups is 1. The molecule has 1 heterocycles. The van der Waals surface area contributed by atoms with Crippen LogP contribution in [0.5, 0.6) is 0 Å². The number of hydrogen-bond acceptors (Lipinski definition) is 2. The summed E-state index contributed by atoms with van der Waals surface area (Å²) in [6.07, 6.45) is 0.532. The van der Waals surface area contributed by atoms with Gasteiger partial charge in [0.25, 0.3) is 0 Å². The second-order valence-electron chi connectivity index (χ2n) is 1.57. The smallest absolute Gasteiger partial charge is 0.244 e. The molecule has 0 bridgehead atoms. The molecule has 0 aromatic rings. The van der Waals surface area contributed by atoms with Crippen molar-refractivity contribution in [3.8, 4) is 0 Å². The second-order valence-corrected chi connectivity index (χ2v) is 1.91. The third kappa shape index (κ3) is 1.56. The number of hydrogen-bond donors (Lipinski definition) is 0. The van der Waals surface area contributed by atoms with E-state index in [1.54, 1.807) is 0 Å². The molecule has 3 nitrogen and oxygen atoms in total. The first-order valence-electron chi connectivity index (χ1n) is 2.23. The van der Waals surface area contributed by atoms with Crippen molar-refractivity contribution in [3.63, 3.8) is 0 Å². The van der Waals surface area contributed by atoms with Gasteiger partial charge in [0.15, 0.2) is 0 Å². The van der Waals surface area contributed by atoms with Crippen LogP contribution < -0.4 is 12.4 Å². The van der Waals surface area contributed by atoms with E-state index in [4.69, 9.17) is 11.8 Å². The summed E-state index contributed by atoms with van der Waals surface area (Å²) in [5.74, 6) is -0.590. The van der Waals surface area contributed by atoms with Crippen LogP contribution in [0.4, 0.5) is 0 Å². The molecule has 0 spiro atoms. The highest BCUT2D eigenvalue weighted by Crippen LogP contribution is 2.12. The summed E-state index contributed by atoms with van der Waals surface area (Å²) in [6, 6.07) is 0. The van der Waals surface area contributed by atoms with E-state index >= 15 is 0 Å². The molecule has 0 aromatic heterocycles. The molecule has 0 saturated carbocycles. The van der Waals surface area contributed by atoms with Crippen molar-refractivity contribution in [2.75, 3.05) is 0 Å². The van der Waals surface area contributed by atoms with Crippen molar-refractivity contribution < 1.29 is 22.0 Å². The molecule has 2 amide bonds. The van der Waals surface area contributed by atoms with Crippen LogP contribution in [0.2, 0.25) is 0 Å². The lowest BCUT2D eigenvalue weighted by Gasteiger charge is -1.96. The van der Waals surface area contributed by atoms with Crippen LogP contribution in [0, 0.1) is 0 Å². The molecule has 1 saturated heterocycles. The Labute approximate surface area is 63.5 Å². The number of amides is 2. The highest BCUT2D eigenvalue weighted by atomic mass is 35.5. The molecule has 5 heteroatoms. The second kappa shape index (κ2) is 3.03. The highest BCUT2D eigenvalue weighted by Gasteiger charge is 2.26. The van der Waals surface area contributed by atoms with Gasteiger partial charge in [-0.05, 0) is 0 Å². The molecular formula is C4H4Cl2NO2-. The fourth-order valence-corrected chi connectivity index (χ4v) is 0.718. The van der Waals surface area contributed by atoms with Crippen LogP contribution >= 0.6 is 11.8 Å². The first kappa shape index (κ1) is 8.72. The van der Waals surface area contributed by atoms with Gasteiger partial charge in [-0.3, -0.25) is 9.59 Å². The monoisotopic (exact) mass is 168 g/mol. The molecule has 52 valence electrons. The van der Waals surface area contributed by atoms with Crippen molar-refractivity contribution in [3.05, 3.63) is 0 Å². The zero-order valence-electron chi connectivity index (χ0n) is 4.43. The van der Waals surface area contributed by atoms with Crippen LogP contribution in [0.15, 0.2) is 0 Å². The van der Waals surface area contributed by atoms with Gasteiger partial charge in [0, 0.05) is 24.6 Å². The first-order valence-corrected chi connectivity index (χ1v) is 2.57. The molecule has 0 atom stereocenters. The fourth-order valence-electron chi connectivity index (χ4n) is 0.549. The third-order valence-electron chi connectivity index (χ3n) is 0.991. The van der Waals surface area contributed by atoms with E-state index in [1.807, 2.05) is 0 Å². The number of carbonyl (C=O) groups excluding carboxylic acids is 2. The predicted octanol–water partition coefficient (Wildman–Crippen LogP) is -2.71. The maximum absolute atomic E-state index is 10.4. The van der Waals surface area contributed by atoms with Crippen LogP contribution in [-0.2, 0) is 9.59 Å². The maximum atomic E-state index is 10.4. The van der Waals surface area contributed by atoms with E-state index in [1.165, 1.54) is 0 Å². The van der Waals surface area contributed by atoms with Gasteiger partial charge in [-0.2, -0.15) is 4.42 Å². The summed E-state index contributed by atoms with van der Waals surface area (Å²) in [5.41, 5.74) is 0. The summed E-state index contributed by atoms with van der Waals surface area (Å²) in [6.45, 7) is 0. The standard InChI is InChI=1S/C4H4ClNO2.ClH/c5-6-3(7)1-2-4(6)8;/h1-2H2;1H/p-1. The Morgan fingerprint density at radius 1 is 1.22 bits per heavy atom. The molecule has 0 N–H and O–H groups in total. The van der Waals surface area contributed by atoms with Gasteiger partial charge < -0.3 is 12.4 Å². The lowest BCUT2D eigenvalue weighted by molar-refractivity contribution is -0.132. The number of carbonyl (C=O) groups is 2. The van der Waals surface area contributed by atoms with E-state index in [0.29, 0.717) is 4.42 Å². The molecule has 0 unspecified atom stereocenters. The van der Waals surface area contributed by atoms with Crippen molar-refractivity contribution in [2.45, 2.75) is 12.8 Å². The summed E-state index contributed by atoms with van der Waals surface area (Å²) >= 11 is 5.15. The normalized spacial score (nSPS) is 18.1. The Kier molecular flexibility index (Phi) is 2.94. The zero-order valence-corrected chi connectivity index (χ0v) is 5.95. The van der Waals surface area contributed by atoms with E-state index in [-0.39, 0.29) is 37.1 Å². The Balaban J connectivity index is 0.000000640. The SMILES string of the molecule is O=C1CCC(=O)N1Cl.[Cl-]. The molecule has 0 aromatic carbocycles. The molecule has 0 aliphatic carbocycles. The first-order chi connectivity index (χ1) is 3.72. The number of halogens is 2. The van der Waals surface area contributed by atoms with Gasteiger partial charge in [-0.15, -0.1) is 0 Å². The predicted molar refractivity (Wildman–Crippen MR) is 26.9 cm³/mol. The lowest BCUT2D eigenvalue weighted by Crippen LogP contribution is -3.00. The van der Waals surface area contributed by atoms with Crippen molar-refractivity contribution in [1.82, 2.24) is 4.42 Å². The van der Waals surface area contributed by atoms with E-state index < -0.39 is 0 Å². The minimum atomic E-state index is -0.295. The maximum Gasteiger partial charge on any atom is 0.244 e. The summed E-state index contributed by atoms with van der Waals surface area (Å²) in [7, 11) is 0. The minimum Gasteiger partial charge on any atom is -1.00 e. The number of nitrogens with zero attached hydrogens (tertiary/aromatic N) is 1. The number of rotatable bonds is 0. The summed E-state index contributed by atoms with van der Waals surface area (Å²) in [5, 5.41) is 0. The molecule has 9 heavy (non-hydrogen) atoms. The van der Waals surface area contributed by atoms with Crippen LogP contribution in [0.1, 0.15) is 12.8 Å². The summed E-state index contributed by atoms with van der Waals surface area (Å²) < 4.78 is 0.639. The minimum absolute atomic E-state index is 0. The molecule has 1 aliphatic heterocycles. The fraction of sp³-hybridized carbons (Fsp3) is 0.500. The zero-order chi connectivity index (χ0) is 6.15. The molecular weight excluding hydrogens is 165 g/mol. The Hall–Kier alpha value is -0.280. The highest BCUT2D eigenvalue weighted by molar-refractivity contribution is 6.32. The van der Waals surface area contributed by atoms with Gasteiger partial charge >= 0.3 is 0 Å². The van der Waals surface area contributed by atoms with E-state index in [0.717, 1.165) is 0 Å². The van der Waals surface area contributed by atoms with Crippen LogP contribution in [0.3, 0.4) is 0 Å². The summed E-state index contributed by atoms with van der Waals surface area (Å²) in [4.78, 5) is 20.7. The topological polar surface area (TPSA) is 37.4 Å². The van der Waals surface area contributed by atoms with Gasteiger partial charge in [0.05, 0.1) is 0 Å². The molecule has 0 radical (unpaired) electrons. The van der Waals surface area contributed by atoms with Crippen LogP contribution in [-0.4, -0.2) is 16.2 Å². The van der Waals surface area contributed by atoms with Crippen molar-refractivity contribution in [2.24, 2.45) is 0 Å². The van der Waals surface area contributed by atoms with Crippen molar-refractivity contribution in [1.29, 1.82) is 0 Å².